The number of nitriles is 1. The summed E-state index contributed by atoms with van der Waals surface area (Å²) in [5.74, 6) is 0.744. The third kappa shape index (κ3) is 3.70. The standard InChI is InChI=1S/C19H23ClN2O/c20-17-6-5-14(7-10-21)11-16(17)18(23)22-13-19-8-1-3-15(12-19)4-2-9-19/h5-6,11,15H,1-4,7-9,12-13H2,(H,22,23). The first kappa shape index (κ1) is 16.3. The Kier molecular flexibility index (Phi) is 4.92. The lowest BCUT2D eigenvalue weighted by molar-refractivity contribution is 0.0682. The number of halogens is 1. The summed E-state index contributed by atoms with van der Waals surface area (Å²) in [5.41, 5.74) is 1.61. The van der Waals surface area contributed by atoms with Crippen LogP contribution in [0.4, 0.5) is 0 Å². The van der Waals surface area contributed by atoms with E-state index in [9.17, 15) is 4.79 Å². The average Bonchev–Trinajstić information content (AvgIpc) is 2.55. The number of nitrogens with zero attached hydrogens (tertiary/aromatic N) is 1. The lowest BCUT2D eigenvalue weighted by atomic mass is 9.62. The number of hydrogen-bond donors (Lipinski definition) is 1. The molecule has 4 heteroatoms. The van der Waals surface area contributed by atoms with Crippen LogP contribution < -0.4 is 5.32 Å². The summed E-state index contributed by atoms with van der Waals surface area (Å²) in [6, 6.07) is 7.35. The maximum Gasteiger partial charge on any atom is 0.252 e. The minimum atomic E-state index is -0.114. The average molecular weight is 331 g/mol. The second-order valence-electron chi connectivity index (χ2n) is 7.19. The summed E-state index contributed by atoms with van der Waals surface area (Å²) in [4.78, 5) is 12.5. The van der Waals surface area contributed by atoms with Crippen LogP contribution in [0.1, 0.15) is 60.9 Å². The lowest BCUT2D eigenvalue weighted by Crippen LogP contribution is -2.43. The van der Waals surface area contributed by atoms with Crippen molar-refractivity contribution in [3.63, 3.8) is 0 Å². The van der Waals surface area contributed by atoms with Crippen LogP contribution in [0.2, 0.25) is 5.02 Å². The number of carbonyl (C=O) groups is 1. The molecule has 23 heavy (non-hydrogen) atoms. The molecule has 0 heterocycles. The molecule has 1 amide bonds. The van der Waals surface area contributed by atoms with Crippen molar-refractivity contribution in [1.82, 2.24) is 5.32 Å². The Hall–Kier alpha value is -1.53. The van der Waals surface area contributed by atoms with Gasteiger partial charge in [-0.05, 0) is 48.3 Å². The van der Waals surface area contributed by atoms with Gasteiger partial charge in [-0.1, -0.05) is 43.4 Å². The lowest BCUT2D eigenvalue weighted by Gasteiger charge is -2.45. The zero-order valence-corrected chi connectivity index (χ0v) is 14.2. The van der Waals surface area contributed by atoms with Crippen LogP contribution in [0, 0.1) is 22.7 Å². The van der Waals surface area contributed by atoms with Gasteiger partial charge in [-0.15, -0.1) is 0 Å². The Balaban J connectivity index is 1.67. The topological polar surface area (TPSA) is 52.9 Å². The predicted molar refractivity (Wildman–Crippen MR) is 91.3 cm³/mol. The largest absolute Gasteiger partial charge is 0.351 e. The number of fused-ring (bicyclic) bond motifs is 2. The van der Waals surface area contributed by atoms with Gasteiger partial charge in [-0.3, -0.25) is 4.79 Å². The van der Waals surface area contributed by atoms with Gasteiger partial charge in [0.1, 0.15) is 0 Å². The Morgan fingerprint density at radius 2 is 2.09 bits per heavy atom. The van der Waals surface area contributed by atoms with Crippen molar-refractivity contribution in [2.45, 2.75) is 51.4 Å². The molecule has 2 bridgehead atoms. The van der Waals surface area contributed by atoms with Gasteiger partial charge in [-0.2, -0.15) is 5.26 Å². The normalized spacial score (nSPS) is 26.3. The molecule has 1 aromatic rings. The van der Waals surface area contributed by atoms with E-state index in [1.807, 2.05) is 0 Å². The number of benzene rings is 1. The fraction of sp³-hybridized carbons (Fsp3) is 0.579. The molecular weight excluding hydrogens is 308 g/mol. The molecule has 122 valence electrons. The minimum Gasteiger partial charge on any atom is -0.351 e. The molecule has 2 fully saturated rings. The summed E-state index contributed by atoms with van der Waals surface area (Å²) in [6.45, 7) is 0.751. The molecule has 0 spiro atoms. The van der Waals surface area contributed by atoms with E-state index in [2.05, 4.69) is 11.4 Å². The van der Waals surface area contributed by atoms with Crippen LogP contribution in [-0.2, 0) is 6.42 Å². The van der Waals surface area contributed by atoms with Gasteiger partial charge in [0.25, 0.3) is 5.91 Å². The Morgan fingerprint density at radius 1 is 1.35 bits per heavy atom. The van der Waals surface area contributed by atoms with Gasteiger partial charge in [-0.25, -0.2) is 0 Å². The number of rotatable bonds is 4. The second-order valence-corrected chi connectivity index (χ2v) is 7.59. The van der Waals surface area contributed by atoms with Gasteiger partial charge in [0, 0.05) is 6.54 Å². The van der Waals surface area contributed by atoms with Crippen LogP contribution >= 0.6 is 11.6 Å². The van der Waals surface area contributed by atoms with E-state index >= 15 is 0 Å². The number of carbonyl (C=O) groups excluding carboxylic acids is 1. The predicted octanol–water partition coefficient (Wildman–Crippen LogP) is 4.50. The summed E-state index contributed by atoms with van der Waals surface area (Å²) in [5, 5.41) is 12.4. The summed E-state index contributed by atoms with van der Waals surface area (Å²) in [7, 11) is 0. The Bertz CT molecular complexity index is 625. The molecule has 0 saturated heterocycles. The molecule has 1 aromatic carbocycles. The number of hydrogen-bond acceptors (Lipinski definition) is 2. The van der Waals surface area contributed by atoms with E-state index in [4.69, 9.17) is 16.9 Å². The fourth-order valence-electron chi connectivity index (χ4n) is 4.38. The fourth-order valence-corrected chi connectivity index (χ4v) is 4.58. The van der Waals surface area contributed by atoms with Crippen LogP contribution in [0.5, 0.6) is 0 Å². The highest BCUT2D eigenvalue weighted by atomic mass is 35.5. The molecule has 0 aromatic heterocycles. The van der Waals surface area contributed by atoms with Crippen molar-refractivity contribution in [3.8, 4) is 6.07 Å². The number of nitrogens with one attached hydrogen (secondary N) is 1. The molecule has 1 N–H and O–H groups in total. The highest BCUT2D eigenvalue weighted by molar-refractivity contribution is 6.33. The highest BCUT2D eigenvalue weighted by Crippen LogP contribution is 2.48. The molecule has 0 atom stereocenters. The van der Waals surface area contributed by atoms with E-state index < -0.39 is 0 Å². The van der Waals surface area contributed by atoms with Crippen molar-refractivity contribution < 1.29 is 4.79 Å². The molecule has 3 nitrogen and oxygen atoms in total. The molecule has 0 radical (unpaired) electrons. The summed E-state index contributed by atoms with van der Waals surface area (Å²) in [6.07, 6.45) is 9.31. The van der Waals surface area contributed by atoms with E-state index in [-0.39, 0.29) is 5.91 Å². The zero-order chi connectivity index (χ0) is 16.3. The van der Waals surface area contributed by atoms with Gasteiger partial charge >= 0.3 is 0 Å². The van der Waals surface area contributed by atoms with E-state index in [1.165, 1.54) is 44.9 Å². The molecule has 0 unspecified atom stereocenters. The van der Waals surface area contributed by atoms with E-state index in [1.54, 1.807) is 18.2 Å². The first-order valence-corrected chi connectivity index (χ1v) is 8.93. The van der Waals surface area contributed by atoms with Crippen LogP contribution in [0.15, 0.2) is 18.2 Å². The molecule has 2 aliphatic rings. The molecular formula is C19H23ClN2O. The maximum absolute atomic E-state index is 12.5. The van der Waals surface area contributed by atoms with E-state index in [0.29, 0.717) is 22.4 Å². The SMILES string of the molecule is N#CCc1ccc(Cl)c(C(=O)NCC23CCCC(CCC2)C3)c1. The Labute approximate surface area is 143 Å². The van der Waals surface area contributed by atoms with Gasteiger partial charge in [0.05, 0.1) is 23.1 Å². The molecule has 3 rings (SSSR count). The third-order valence-corrected chi connectivity index (χ3v) is 5.87. The number of amides is 1. The monoisotopic (exact) mass is 330 g/mol. The summed E-state index contributed by atoms with van der Waals surface area (Å²) >= 11 is 6.17. The van der Waals surface area contributed by atoms with Gasteiger partial charge in [0.15, 0.2) is 0 Å². The maximum atomic E-state index is 12.5. The zero-order valence-electron chi connectivity index (χ0n) is 13.4. The molecule has 0 aliphatic heterocycles. The van der Waals surface area contributed by atoms with Crippen LogP contribution in [0.3, 0.4) is 0 Å². The summed E-state index contributed by atoms with van der Waals surface area (Å²) < 4.78 is 0. The highest BCUT2D eigenvalue weighted by Gasteiger charge is 2.39. The first-order chi connectivity index (χ1) is 11.1. The van der Waals surface area contributed by atoms with Crippen molar-refractivity contribution in [1.29, 1.82) is 5.26 Å². The van der Waals surface area contributed by atoms with E-state index in [0.717, 1.165) is 18.0 Å². The molecule has 2 aliphatic carbocycles. The van der Waals surface area contributed by atoms with Crippen molar-refractivity contribution in [2.24, 2.45) is 11.3 Å². The van der Waals surface area contributed by atoms with Crippen LogP contribution in [0.25, 0.3) is 0 Å². The minimum absolute atomic E-state index is 0.114. The quantitative estimate of drug-likeness (QED) is 0.883. The van der Waals surface area contributed by atoms with Crippen molar-refractivity contribution in [3.05, 3.63) is 34.3 Å². The smallest absolute Gasteiger partial charge is 0.252 e. The van der Waals surface area contributed by atoms with Crippen molar-refractivity contribution in [2.75, 3.05) is 6.54 Å². The van der Waals surface area contributed by atoms with Crippen molar-refractivity contribution >= 4 is 17.5 Å². The Morgan fingerprint density at radius 3 is 2.78 bits per heavy atom. The molecule has 2 saturated carbocycles. The third-order valence-electron chi connectivity index (χ3n) is 5.54. The second kappa shape index (κ2) is 6.93. The van der Waals surface area contributed by atoms with Gasteiger partial charge < -0.3 is 5.32 Å². The first-order valence-electron chi connectivity index (χ1n) is 8.55. The van der Waals surface area contributed by atoms with Gasteiger partial charge in [0.2, 0.25) is 0 Å². The van der Waals surface area contributed by atoms with Crippen LogP contribution in [-0.4, -0.2) is 12.5 Å².